The third-order valence-corrected chi connectivity index (χ3v) is 3.22. The molecule has 10 heteroatoms. The van der Waals surface area contributed by atoms with Crippen LogP contribution in [0, 0.1) is 11.6 Å². The summed E-state index contributed by atoms with van der Waals surface area (Å²) < 4.78 is 28.4. The van der Waals surface area contributed by atoms with Crippen LogP contribution in [0.15, 0.2) is 48.8 Å². The number of nitrogens with zero attached hydrogens (tertiary/aromatic N) is 4. The third-order valence-electron chi connectivity index (χ3n) is 3.22. The zero-order chi connectivity index (χ0) is 17.8. The summed E-state index contributed by atoms with van der Waals surface area (Å²) in [5.41, 5.74) is 4.11. The Morgan fingerprint density at radius 1 is 0.920 bits per heavy atom. The van der Waals surface area contributed by atoms with E-state index in [2.05, 4.69) is 21.0 Å². The van der Waals surface area contributed by atoms with E-state index in [0.717, 1.165) is 18.2 Å². The van der Waals surface area contributed by atoms with Crippen molar-refractivity contribution >= 4 is 11.8 Å². The lowest BCUT2D eigenvalue weighted by atomic mass is 10.2. The molecule has 8 nitrogen and oxygen atoms in total. The largest absolute Gasteiger partial charge is 0.275 e. The molecule has 0 aliphatic rings. The molecule has 0 saturated heterocycles. The number of benzene rings is 2. The van der Waals surface area contributed by atoms with Crippen LogP contribution in [0.25, 0.3) is 5.69 Å². The molecule has 3 rings (SSSR count). The summed E-state index contributed by atoms with van der Waals surface area (Å²) in [4.78, 5) is 23.8. The summed E-state index contributed by atoms with van der Waals surface area (Å²) in [6.07, 6.45) is 1.39. The van der Waals surface area contributed by atoms with Gasteiger partial charge in [-0.2, -0.15) is 0 Å². The van der Waals surface area contributed by atoms with Crippen molar-refractivity contribution in [1.29, 1.82) is 0 Å². The van der Waals surface area contributed by atoms with Crippen LogP contribution in [0.2, 0.25) is 0 Å². The number of hydrazine groups is 1. The lowest BCUT2D eigenvalue weighted by molar-refractivity contribution is 0.0841. The van der Waals surface area contributed by atoms with Crippen molar-refractivity contribution in [3.63, 3.8) is 0 Å². The molecule has 0 spiro atoms. The summed E-state index contributed by atoms with van der Waals surface area (Å²) in [6.45, 7) is 0. The maximum Gasteiger partial charge on any atom is 0.275 e. The van der Waals surface area contributed by atoms with Crippen molar-refractivity contribution in [2.24, 2.45) is 0 Å². The zero-order valence-electron chi connectivity index (χ0n) is 12.5. The molecule has 2 N–H and O–H groups in total. The Kier molecular flexibility index (Phi) is 4.42. The monoisotopic (exact) mass is 344 g/mol. The van der Waals surface area contributed by atoms with E-state index in [9.17, 15) is 18.4 Å². The SMILES string of the molecule is O=C(NNC(=O)c1c(F)cccc1F)c1ccc(-n2cnnn2)cc1. The minimum Gasteiger partial charge on any atom is -0.267 e. The number of hydrogen-bond donors (Lipinski definition) is 2. The average molecular weight is 344 g/mol. The number of hydrogen-bond acceptors (Lipinski definition) is 5. The fourth-order valence-corrected chi connectivity index (χ4v) is 2.01. The predicted octanol–water partition coefficient (Wildman–Crippen LogP) is 1.02. The molecular weight excluding hydrogens is 334 g/mol. The summed E-state index contributed by atoms with van der Waals surface area (Å²) in [6, 6.07) is 9.14. The lowest BCUT2D eigenvalue weighted by Gasteiger charge is -2.09. The molecular formula is C15H10F2N6O2. The average Bonchev–Trinajstić information content (AvgIpc) is 3.14. The van der Waals surface area contributed by atoms with Crippen molar-refractivity contribution < 1.29 is 18.4 Å². The predicted molar refractivity (Wildman–Crippen MR) is 80.4 cm³/mol. The molecule has 126 valence electrons. The van der Waals surface area contributed by atoms with E-state index < -0.39 is 29.0 Å². The molecule has 2 amide bonds. The van der Waals surface area contributed by atoms with Crippen molar-refractivity contribution in [1.82, 2.24) is 31.1 Å². The molecule has 2 aromatic carbocycles. The number of tetrazole rings is 1. The van der Waals surface area contributed by atoms with Gasteiger partial charge < -0.3 is 0 Å². The molecule has 0 bridgehead atoms. The van der Waals surface area contributed by atoms with E-state index in [1.807, 2.05) is 5.43 Å². The van der Waals surface area contributed by atoms with Crippen LogP contribution in [0.1, 0.15) is 20.7 Å². The first-order valence-corrected chi connectivity index (χ1v) is 6.94. The standard InChI is InChI=1S/C15H10F2N6O2/c16-11-2-1-3-12(17)13(11)15(25)20-19-14(24)9-4-6-10(7-5-9)23-8-18-21-22-23/h1-8H,(H,19,24)(H,20,25). The molecule has 0 unspecified atom stereocenters. The van der Waals surface area contributed by atoms with Crippen molar-refractivity contribution in [2.45, 2.75) is 0 Å². The maximum atomic E-state index is 13.5. The Labute approximate surface area is 139 Å². The molecule has 0 saturated carbocycles. The number of nitrogens with one attached hydrogen (secondary N) is 2. The minimum absolute atomic E-state index is 0.214. The van der Waals surface area contributed by atoms with E-state index in [1.165, 1.54) is 23.1 Å². The van der Waals surface area contributed by atoms with Crippen LogP contribution in [-0.2, 0) is 0 Å². The van der Waals surface area contributed by atoms with Gasteiger partial charge in [-0.1, -0.05) is 6.07 Å². The maximum absolute atomic E-state index is 13.5. The highest BCUT2D eigenvalue weighted by Gasteiger charge is 2.17. The second-order valence-corrected chi connectivity index (χ2v) is 4.81. The number of rotatable bonds is 3. The van der Waals surface area contributed by atoms with Gasteiger partial charge in [0, 0.05) is 5.56 Å². The lowest BCUT2D eigenvalue weighted by Crippen LogP contribution is -2.42. The molecule has 3 aromatic rings. The molecule has 0 aliphatic carbocycles. The van der Waals surface area contributed by atoms with Gasteiger partial charge in [-0.25, -0.2) is 13.5 Å². The number of carbonyl (C=O) groups is 2. The van der Waals surface area contributed by atoms with E-state index >= 15 is 0 Å². The fourth-order valence-electron chi connectivity index (χ4n) is 2.01. The van der Waals surface area contributed by atoms with Gasteiger partial charge in [0.25, 0.3) is 11.8 Å². The highest BCUT2D eigenvalue weighted by Crippen LogP contribution is 2.11. The first-order valence-electron chi connectivity index (χ1n) is 6.94. The van der Waals surface area contributed by atoms with Crippen molar-refractivity contribution in [3.05, 3.63) is 71.6 Å². The summed E-state index contributed by atoms with van der Waals surface area (Å²) in [5, 5.41) is 10.7. The molecule has 0 radical (unpaired) electrons. The Morgan fingerprint density at radius 3 is 2.16 bits per heavy atom. The topological polar surface area (TPSA) is 102 Å². The molecule has 0 atom stereocenters. The van der Waals surface area contributed by atoms with Gasteiger partial charge in [0.2, 0.25) is 0 Å². The number of aromatic nitrogens is 4. The molecule has 0 fully saturated rings. The van der Waals surface area contributed by atoms with E-state index in [4.69, 9.17) is 0 Å². The highest BCUT2D eigenvalue weighted by molar-refractivity contribution is 5.99. The summed E-state index contributed by atoms with van der Waals surface area (Å²) in [7, 11) is 0. The number of carbonyl (C=O) groups excluding carboxylic acids is 2. The minimum atomic E-state index is -1.10. The highest BCUT2D eigenvalue weighted by atomic mass is 19.1. The fraction of sp³-hybridized carbons (Fsp3) is 0. The number of amides is 2. The van der Waals surface area contributed by atoms with E-state index in [-0.39, 0.29) is 5.56 Å². The third kappa shape index (κ3) is 3.47. The molecule has 25 heavy (non-hydrogen) atoms. The second-order valence-electron chi connectivity index (χ2n) is 4.81. The van der Waals surface area contributed by atoms with Gasteiger partial charge in [-0.3, -0.25) is 20.4 Å². The first kappa shape index (κ1) is 16.2. The first-order chi connectivity index (χ1) is 12.1. The molecule has 1 aromatic heterocycles. The van der Waals surface area contributed by atoms with Gasteiger partial charge in [0.05, 0.1) is 5.69 Å². The Hall–Kier alpha value is -3.69. The molecule has 1 heterocycles. The van der Waals surface area contributed by atoms with Gasteiger partial charge in [-0.05, 0) is 46.8 Å². The van der Waals surface area contributed by atoms with Crippen LogP contribution in [0.3, 0.4) is 0 Å². The van der Waals surface area contributed by atoms with Crippen LogP contribution >= 0.6 is 0 Å². The second kappa shape index (κ2) is 6.83. The van der Waals surface area contributed by atoms with E-state index in [1.54, 1.807) is 12.1 Å². The normalized spacial score (nSPS) is 10.3. The Bertz CT molecular complexity index is 892. The van der Waals surface area contributed by atoms with Crippen LogP contribution < -0.4 is 10.9 Å². The van der Waals surface area contributed by atoms with Crippen LogP contribution in [0.5, 0.6) is 0 Å². The van der Waals surface area contributed by atoms with Gasteiger partial charge in [0.1, 0.15) is 23.5 Å². The summed E-state index contributed by atoms with van der Waals surface area (Å²) >= 11 is 0. The smallest absolute Gasteiger partial charge is 0.267 e. The van der Waals surface area contributed by atoms with Crippen molar-refractivity contribution in [2.75, 3.05) is 0 Å². The van der Waals surface area contributed by atoms with E-state index in [0.29, 0.717) is 5.69 Å². The number of halogens is 2. The molecule has 0 aliphatic heterocycles. The summed E-state index contributed by atoms with van der Waals surface area (Å²) in [5.74, 6) is -3.82. The quantitative estimate of drug-likeness (QED) is 0.691. The van der Waals surface area contributed by atoms with Crippen LogP contribution in [0.4, 0.5) is 8.78 Å². The zero-order valence-corrected chi connectivity index (χ0v) is 12.5. The Morgan fingerprint density at radius 2 is 1.56 bits per heavy atom. The van der Waals surface area contributed by atoms with Gasteiger partial charge in [-0.15, -0.1) is 5.10 Å². The Balaban J connectivity index is 1.65. The van der Waals surface area contributed by atoms with Gasteiger partial charge in [0.15, 0.2) is 0 Å². The van der Waals surface area contributed by atoms with Crippen molar-refractivity contribution in [3.8, 4) is 5.69 Å². The van der Waals surface area contributed by atoms with Crippen LogP contribution in [-0.4, -0.2) is 32.0 Å². The van der Waals surface area contributed by atoms with Gasteiger partial charge >= 0.3 is 0 Å².